The van der Waals surface area contributed by atoms with Crippen molar-refractivity contribution in [3.8, 4) is 0 Å². The van der Waals surface area contributed by atoms with Gasteiger partial charge in [-0.05, 0) is 30.4 Å². The molecule has 0 bridgehead atoms. The van der Waals surface area contributed by atoms with Crippen LogP contribution < -0.4 is 5.73 Å². The van der Waals surface area contributed by atoms with Crippen molar-refractivity contribution >= 4 is 0 Å². The Kier molecular flexibility index (Phi) is 2.29. The van der Waals surface area contributed by atoms with Gasteiger partial charge in [0.1, 0.15) is 0 Å². The molecule has 0 spiro atoms. The van der Waals surface area contributed by atoms with Gasteiger partial charge in [0, 0.05) is 12.2 Å². The highest BCUT2D eigenvalue weighted by atomic mass is 16.3. The second kappa shape index (κ2) is 3.44. The van der Waals surface area contributed by atoms with Crippen LogP contribution in [0.3, 0.4) is 0 Å². The maximum absolute atomic E-state index is 8.79. The molecule has 13 heavy (non-hydrogen) atoms. The lowest BCUT2D eigenvalue weighted by Gasteiger charge is -2.09. The Morgan fingerprint density at radius 1 is 1.54 bits per heavy atom. The summed E-state index contributed by atoms with van der Waals surface area (Å²) in [5.41, 5.74) is 7.77. The summed E-state index contributed by atoms with van der Waals surface area (Å²) in [5.74, 6) is 0.654. The molecule has 0 aliphatic heterocycles. The number of aromatic nitrogens is 1. The summed E-state index contributed by atoms with van der Waals surface area (Å²) < 4.78 is 0. The smallest absolute Gasteiger partial charge is 0.0852 e. The Morgan fingerprint density at radius 3 is 2.77 bits per heavy atom. The molecule has 3 N–H and O–H groups in total. The van der Waals surface area contributed by atoms with E-state index >= 15 is 0 Å². The van der Waals surface area contributed by atoms with Gasteiger partial charge in [-0.1, -0.05) is 6.07 Å². The predicted molar refractivity (Wildman–Crippen MR) is 49.8 cm³/mol. The predicted octanol–water partition coefficient (Wildman–Crippen LogP) is 0.984. The van der Waals surface area contributed by atoms with Crippen molar-refractivity contribution in [1.29, 1.82) is 0 Å². The van der Waals surface area contributed by atoms with Crippen LogP contribution in [0.2, 0.25) is 0 Å². The molecule has 0 saturated heterocycles. The number of aliphatic hydroxyl groups is 1. The molecule has 1 unspecified atom stereocenters. The van der Waals surface area contributed by atoms with E-state index < -0.39 is 0 Å². The van der Waals surface area contributed by atoms with Gasteiger partial charge in [0.05, 0.1) is 12.3 Å². The summed E-state index contributed by atoms with van der Waals surface area (Å²) in [6.07, 6.45) is 4.25. The maximum atomic E-state index is 8.79. The third-order valence-corrected chi connectivity index (χ3v) is 2.52. The van der Waals surface area contributed by atoms with E-state index in [1.165, 1.54) is 12.8 Å². The molecule has 1 fully saturated rings. The lowest BCUT2D eigenvalue weighted by molar-refractivity contribution is 0.277. The van der Waals surface area contributed by atoms with Crippen molar-refractivity contribution in [2.75, 3.05) is 0 Å². The Hall–Kier alpha value is -0.930. The third kappa shape index (κ3) is 1.87. The summed E-state index contributed by atoms with van der Waals surface area (Å²) in [4.78, 5) is 4.10. The van der Waals surface area contributed by atoms with Crippen molar-refractivity contribution < 1.29 is 5.11 Å². The van der Waals surface area contributed by atoms with Gasteiger partial charge < -0.3 is 10.8 Å². The Morgan fingerprint density at radius 2 is 2.31 bits per heavy atom. The third-order valence-electron chi connectivity index (χ3n) is 2.52. The number of hydrogen-bond acceptors (Lipinski definition) is 3. The van der Waals surface area contributed by atoms with Crippen LogP contribution in [-0.4, -0.2) is 10.1 Å². The van der Waals surface area contributed by atoms with Crippen LogP contribution in [0.5, 0.6) is 0 Å². The number of pyridine rings is 1. The number of nitrogens with zero attached hydrogens (tertiary/aromatic N) is 1. The van der Waals surface area contributed by atoms with E-state index in [0.29, 0.717) is 11.6 Å². The van der Waals surface area contributed by atoms with Crippen LogP contribution >= 0.6 is 0 Å². The molecule has 70 valence electrons. The van der Waals surface area contributed by atoms with Gasteiger partial charge in [-0.3, -0.25) is 4.98 Å². The topological polar surface area (TPSA) is 59.1 Å². The molecular weight excluding hydrogens is 164 g/mol. The van der Waals surface area contributed by atoms with Gasteiger partial charge in [0.15, 0.2) is 0 Å². The van der Waals surface area contributed by atoms with Gasteiger partial charge in [-0.2, -0.15) is 0 Å². The lowest BCUT2D eigenvalue weighted by Crippen LogP contribution is -2.12. The molecule has 1 atom stereocenters. The van der Waals surface area contributed by atoms with E-state index in [4.69, 9.17) is 10.8 Å². The Labute approximate surface area is 77.6 Å². The molecule has 1 aromatic heterocycles. The Bertz CT molecular complexity index is 279. The summed E-state index contributed by atoms with van der Waals surface area (Å²) >= 11 is 0. The average molecular weight is 178 g/mol. The first-order valence-electron chi connectivity index (χ1n) is 4.62. The largest absolute Gasteiger partial charge is 0.390 e. The first-order valence-corrected chi connectivity index (χ1v) is 4.62. The zero-order valence-electron chi connectivity index (χ0n) is 7.48. The number of aliphatic hydroxyl groups excluding tert-OH is 1. The monoisotopic (exact) mass is 178 g/mol. The number of nitrogens with two attached hydrogens (primary N) is 1. The van der Waals surface area contributed by atoms with Crippen molar-refractivity contribution in [3.63, 3.8) is 0 Å². The SMILES string of the molecule is NC(c1ccc(CO)nc1)C1CC1. The summed E-state index contributed by atoms with van der Waals surface area (Å²) in [5, 5.41) is 8.79. The quantitative estimate of drug-likeness (QED) is 0.725. The first-order chi connectivity index (χ1) is 6.31. The first kappa shape index (κ1) is 8.66. The number of rotatable bonds is 3. The molecular formula is C10H14N2O. The van der Waals surface area contributed by atoms with Crippen molar-refractivity contribution in [2.45, 2.75) is 25.5 Å². The van der Waals surface area contributed by atoms with Crippen LogP contribution in [0, 0.1) is 5.92 Å². The zero-order chi connectivity index (χ0) is 9.26. The molecule has 3 nitrogen and oxygen atoms in total. The molecule has 1 aromatic rings. The highest BCUT2D eigenvalue weighted by molar-refractivity contribution is 5.19. The zero-order valence-corrected chi connectivity index (χ0v) is 7.48. The molecule has 1 aliphatic rings. The van der Waals surface area contributed by atoms with E-state index in [0.717, 1.165) is 5.56 Å². The second-order valence-corrected chi connectivity index (χ2v) is 3.60. The van der Waals surface area contributed by atoms with Crippen LogP contribution in [0.25, 0.3) is 0 Å². The molecule has 1 aliphatic carbocycles. The summed E-state index contributed by atoms with van der Waals surface area (Å²) in [6.45, 7) is -0.00104. The average Bonchev–Trinajstić information content (AvgIpc) is 3.00. The molecule has 3 heteroatoms. The minimum absolute atomic E-state index is 0.00104. The molecule has 0 amide bonds. The van der Waals surface area contributed by atoms with Gasteiger partial charge in [-0.25, -0.2) is 0 Å². The van der Waals surface area contributed by atoms with E-state index in [1.807, 2.05) is 12.1 Å². The normalized spacial score (nSPS) is 18.6. The van der Waals surface area contributed by atoms with Crippen molar-refractivity contribution in [3.05, 3.63) is 29.6 Å². The fraction of sp³-hybridized carbons (Fsp3) is 0.500. The van der Waals surface area contributed by atoms with Gasteiger partial charge in [0.25, 0.3) is 0 Å². The van der Waals surface area contributed by atoms with Crippen LogP contribution in [-0.2, 0) is 6.61 Å². The van der Waals surface area contributed by atoms with Crippen molar-refractivity contribution in [1.82, 2.24) is 4.98 Å². The van der Waals surface area contributed by atoms with E-state index in [1.54, 1.807) is 6.20 Å². The fourth-order valence-electron chi connectivity index (χ4n) is 1.45. The highest BCUT2D eigenvalue weighted by Gasteiger charge is 2.29. The van der Waals surface area contributed by atoms with Crippen LogP contribution in [0.15, 0.2) is 18.3 Å². The lowest BCUT2D eigenvalue weighted by atomic mass is 10.1. The van der Waals surface area contributed by atoms with Crippen LogP contribution in [0.1, 0.15) is 30.1 Å². The standard InChI is InChI=1S/C10H14N2O/c11-10(7-1-2-7)8-3-4-9(6-13)12-5-8/h3-5,7,10,13H,1-2,6,11H2. The minimum atomic E-state index is -0.00104. The molecule has 2 rings (SSSR count). The van der Waals surface area contributed by atoms with Gasteiger partial charge in [0.2, 0.25) is 0 Å². The van der Waals surface area contributed by atoms with E-state index in [-0.39, 0.29) is 12.6 Å². The molecule has 1 saturated carbocycles. The molecule has 0 aromatic carbocycles. The van der Waals surface area contributed by atoms with Gasteiger partial charge in [-0.15, -0.1) is 0 Å². The maximum Gasteiger partial charge on any atom is 0.0852 e. The van der Waals surface area contributed by atoms with Crippen LogP contribution in [0.4, 0.5) is 0 Å². The summed E-state index contributed by atoms with van der Waals surface area (Å²) in [6, 6.07) is 3.93. The molecule has 0 radical (unpaired) electrons. The fourth-order valence-corrected chi connectivity index (χ4v) is 1.45. The van der Waals surface area contributed by atoms with E-state index in [9.17, 15) is 0 Å². The minimum Gasteiger partial charge on any atom is -0.390 e. The number of hydrogen-bond donors (Lipinski definition) is 2. The summed E-state index contributed by atoms with van der Waals surface area (Å²) in [7, 11) is 0. The highest BCUT2D eigenvalue weighted by Crippen LogP contribution is 2.39. The molecule has 1 heterocycles. The Balaban J connectivity index is 2.11. The second-order valence-electron chi connectivity index (χ2n) is 3.60. The van der Waals surface area contributed by atoms with Gasteiger partial charge >= 0.3 is 0 Å². The van der Waals surface area contributed by atoms with Crippen molar-refractivity contribution in [2.24, 2.45) is 11.7 Å². The van der Waals surface area contributed by atoms with E-state index in [2.05, 4.69) is 4.98 Å².